The molecule has 0 radical (unpaired) electrons. The van der Waals surface area contributed by atoms with Crippen molar-refractivity contribution in [2.75, 3.05) is 28.6 Å². The van der Waals surface area contributed by atoms with Crippen LogP contribution in [0.1, 0.15) is 44.6 Å². The molecule has 0 aromatic heterocycles. The Morgan fingerprint density at radius 3 is 1.74 bits per heavy atom. The summed E-state index contributed by atoms with van der Waals surface area (Å²) in [6, 6.07) is 15.2. The highest BCUT2D eigenvalue weighted by Gasteiger charge is 2.15. The van der Waals surface area contributed by atoms with Gasteiger partial charge in [0.15, 0.2) is 0 Å². The van der Waals surface area contributed by atoms with Gasteiger partial charge in [0.1, 0.15) is 0 Å². The Kier molecular flexibility index (Phi) is 6.12. The van der Waals surface area contributed by atoms with Crippen LogP contribution in [0.5, 0.6) is 0 Å². The number of rotatable bonds is 4. The summed E-state index contributed by atoms with van der Waals surface area (Å²) < 4.78 is 0. The molecule has 1 saturated heterocycles. The first kappa shape index (κ1) is 19.0. The van der Waals surface area contributed by atoms with Crippen LogP contribution in [-0.2, 0) is 9.59 Å². The van der Waals surface area contributed by atoms with Crippen molar-refractivity contribution < 1.29 is 9.59 Å². The van der Waals surface area contributed by atoms with Crippen molar-refractivity contribution in [2.24, 2.45) is 0 Å². The lowest BCUT2D eigenvalue weighted by Gasteiger charge is -2.28. The zero-order chi connectivity index (χ0) is 19.2. The Morgan fingerprint density at radius 2 is 1.26 bits per heavy atom. The average molecular weight is 365 g/mol. The van der Waals surface area contributed by atoms with Crippen molar-refractivity contribution in [3.63, 3.8) is 0 Å². The minimum absolute atomic E-state index is 0.422. The Morgan fingerprint density at radius 1 is 0.778 bits per heavy atom. The van der Waals surface area contributed by atoms with Gasteiger partial charge >= 0.3 is 11.8 Å². The van der Waals surface area contributed by atoms with Gasteiger partial charge < -0.3 is 15.5 Å². The van der Waals surface area contributed by atoms with Crippen LogP contribution in [0.4, 0.5) is 17.1 Å². The number of benzene rings is 2. The molecule has 5 heteroatoms. The first-order chi connectivity index (χ1) is 13.0. The van der Waals surface area contributed by atoms with Crippen LogP contribution in [0.25, 0.3) is 0 Å². The molecule has 0 saturated carbocycles. The summed E-state index contributed by atoms with van der Waals surface area (Å²) in [6.07, 6.45) is 3.73. The van der Waals surface area contributed by atoms with E-state index in [9.17, 15) is 9.59 Å². The first-order valence-corrected chi connectivity index (χ1v) is 9.60. The molecule has 1 aliphatic rings. The SMILES string of the molecule is CC(C)c1ccc(NC(=O)C(=O)Nc2ccc(N3CCCCC3)cc2)cc1. The molecule has 2 aromatic carbocycles. The lowest BCUT2D eigenvalue weighted by atomic mass is 10.0. The lowest BCUT2D eigenvalue weighted by molar-refractivity contribution is -0.132. The van der Waals surface area contributed by atoms with Crippen molar-refractivity contribution in [3.05, 3.63) is 54.1 Å². The first-order valence-electron chi connectivity index (χ1n) is 9.60. The molecule has 1 fully saturated rings. The fourth-order valence-electron chi connectivity index (χ4n) is 3.23. The van der Waals surface area contributed by atoms with E-state index in [1.54, 1.807) is 0 Å². The molecule has 3 rings (SSSR count). The molecule has 0 spiro atoms. The van der Waals surface area contributed by atoms with Gasteiger partial charge in [-0.3, -0.25) is 9.59 Å². The molecule has 0 aliphatic carbocycles. The molecule has 0 unspecified atom stereocenters. The van der Waals surface area contributed by atoms with Gasteiger partial charge in [-0.25, -0.2) is 0 Å². The maximum atomic E-state index is 12.1. The quantitative estimate of drug-likeness (QED) is 0.791. The van der Waals surface area contributed by atoms with E-state index in [0.717, 1.165) is 18.8 Å². The molecule has 27 heavy (non-hydrogen) atoms. The van der Waals surface area contributed by atoms with Gasteiger partial charge in [0, 0.05) is 30.2 Å². The lowest BCUT2D eigenvalue weighted by Crippen LogP contribution is -2.30. The summed E-state index contributed by atoms with van der Waals surface area (Å²) >= 11 is 0. The topological polar surface area (TPSA) is 61.4 Å². The van der Waals surface area contributed by atoms with Crippen molar-refractivity contribution in [2.45, 2.75) is 39.0 Å². The molecule has 2 N–H and O–H groups in total. The second-order valence-corrected chi connectivity index (χ2v) is 7.28. The number of anilines is 3. The van der Waals surface area contributed by atoms with Crippen LogP contribution in [0.2, 0.25) is 0 Å². The number of piperidine rings is 1. The molecule has 0 atom stereocenters. The molecular formula is C22H27N3O2. The molecule has 2 aromatic rings. The van der Waals surface area contributed by atoms with E-state index in [2.05, 4.69) is 29.4 Å². The molecule has 1 heterocycles. The van der Waals surface area contributed by atoms with E-state index in [1.807, 2.05) is 48.5 Å². The monoisotopic (exact) mass is 365 g/mol. The third-order valence-corrected chi connectivity index (χ3v) is 4.89. The van der Waals surface area contributed by atoms with Gasteiger partial charge in [-0.2, -0.15) is 0 Å². The minimum Gasteiger partial charge on any atom is -0.372 e. The largest absolute Gasteiger partial charge is 0.372 e. The molecular weight excluding hydrogens is 338 g/mol. The molecule has 1 aliphatic heterocycles. The summed E-state index contributed by atoms with van der Waals surface area (Å²) in [5.41, 5.74) is 3.57. The van der Waals surface area contributed by atoms with Crippen LogP contribution in [0, 0.1) is 0 Å². The summed E-state index contributed by atoms with van der Waals surface area (Å²) in [5.74, 6) is -0.924. The van der Waals surface area contributed by atoms with Gasteiger partial charge in [-0.1, -0.05) is 26.0 Å². The zero-order valence-corrected chi connectivity index (χ0v) is 16.0. The van der Waals surface area contributed by atoms with Crippen LogP contribution in [0.15, 0.2) is 48.5 Å². The number of hydrogen-bond acceptors (Lipinski definition) is 3. The predicted octanol–water partition coefficient (Wildman–Crippen LogP) is 4.38. The van der Waals surface area contributed by atoms with E-state index >= 15 is 0 Å². The summed E-state index contributed by atoms with van der Waals surface area (Å²) in [6.45, 7) is 6.36. The van der Waals surface area contributed by atoms with Gasteiger partial charge in [0.2, 0.25) is 0 Å². The smallest absolute Gasteiger partial charge is 0.314 e. The summed E-state index contributed by atoms with van der Waals surface area (Å²) in [4.78, 5) is 26.6. The standard InChI is InChI=1S/C22H27N3O2/c1-16(2)17-6-8-18(9-7-17)23-21(26)22(27)24-19-10-12-20(13-11-19)25-14-4-3-5-15-25/h6-13,16H,3-5,14-15H2,1-2H3,(H,23,26)(H,24,27). The van der Waals surface area contributed by atoms with Crippen molar-refractivity contribution in [3.8, 4) is 0 Å². The minimum atomic E-state index is -0.674. The molecule has 2 amide bonds. The molecule has 0 bridgehead atoms. The fraction of sp³-hybridized carbons (Fsp3) is 0.364. The van der Waals surface area contributed by atoms with Crippen molar-refractivity contribution in [1.29, 1.82) is 0 Å². The Hall–Kier alpha value is -2.82. The highest BCUT2D eigenvalue weighted by Crippen LogP contribution is 2.22. The number of amides is 2. The third-order valence-electron chi connectivity index (χ3n) is 4.89. The van der Waals surface area contributed by atoms with E-state index in [-0.39, 0.29) is 0 Å². The normalized spacial score (nSPS) is 14.1. The van der Waals surface area contributed by atoms with Crippen LogP contribution in [0.3, 0.4) is 0 Å². The maximum absolute atomic E-state index is 12.1. The molecule has 142 valence electrons. The predicted molar refractivity (Wildman–Crippen MR) is 110 cm³/mol. The van der Waals surface area contributed by atoms with E-state index in [0.29, 0.717) is 17.3 Å². The second-order valence-electron chi connectivity index (χ2n) is 7.28. The number of nitrogens with one attached hydrogen (secondary N) is 2. The van der Waals surface area contributed by atoms with Crippen LogP contribution >= 0.6 is 0 Å². The second kappa shape index (κ2) is 8.71. The van der Waals surface area contributed by atoms with E-state index < -0.39 is 11.8 Å². The molecule has 5 nitrogen and oxygen atoms in total. The van der Waals surface area contributed by atoms with Crippen LogP contribution < -0.4 is 15.5 Å². The van der Waals surface area contributed by atoms with Gasteiger partial charge in [0.25, 0.3) is 0 Å². The highest BCUT2D eigenvalue weighted by molar-refractivity contribution is 6.43. The summed E-state index contributed by atoms with van der Waals surface area (Å²) in [5, 5.41) is 5.28. The Labute approximate surface area is 160 Å². The maximum Gasteiger partial charge on any atom is 0.314 e. The highest BCUT2D eigenvalue weighted by atomic mass is 16.2. The van der Waals surface area contributed by atoms with Crippen molar-refractivity contribution in [1.82, 2.24) is 0 Å². The average Bonchev–Trinajstić information content (AvgIpc) is 2.69. The fourth-order valence-corrected chi connectivity index (χ4v) is 3.23. The third kappa shape index (κ3) is 5.09. The van der Waals surface area contributed by atoms with E-state index in [1.165, 1.54) is 24.8 Å². The van der Waals surface area contributed by atoms with Gasteiger partial charge in [-0.05, 0) is 67.1 Å². The van der Waals surface area contributed by atoms with Crippen molar-refractivity contribution >= 4 is 28.9 Å². The summed E-state index contributed by atoms with van der Waals surface area (Å²) in [7, 11) is 0. The number of nitrogens with zero attached hydrogens (tertiary/aromatic N) is 1. The number of carbonyl (C=O) groups excluding carboxylic acids is 2. The van der Waals surface area contributed by atoms with Gasteiger partial charge in [-0.15, -0.1) is 0 Å². The van der Waals surface area contributed by atoms with E-state index in [4.69, 9.17) is 0 Å². The zero-order valence-electron chi connectivity index (χ0n) is 16.0. The Bertz CT molecular complexity index is 776. The van der Waals surface area contributed by atoms with Gasteiger partial charge in [0.05, 0.1) is 0 Å². The van der Waals surface area contributed by atoms with Crippen LogP contribution in [-0.4, -0.2) is 24.9 Å². The number of hydrogen-bond donors (Lipinski definition) is 2. The number of carbonyl (C=O) groups is 2. The Balaban J connectivity index is 1.55.